The molecule has 1 aromatic carbocycles. The molecule has 0 fully saturated rings. The molecule has 0 amide bonds. The number of hydrogen-bond donors (Lipinski definition) is 0. The van der Waals surface area contributed by atoms with Crippen LogP contribution in [0.25, 0.3) is 0 Å². The van der Waals surface area contributed by atoms with Gasteiger partial charge in [-0.3, -0.25) is 4.79 Å². The van der Waals surface area contributed by atoms with E-state index in [2.05, 4.69) is 13.8 Å². The largest absolute Gasteiger partial charge is 0.292 e. The first-order valence-electron chi connectivity index (χ1n) is 5.16. The van der Waals surface area contributed by atoms with Gasteiger partial charge in [0.1, 0.15) is 4.87 Å². The highest BCUT2D eigenvalue weighted by molar-refractivity contribution is 6.37. The summed E-state index contributed by atoms with van der Waals surface area (Å²) < 4.78 is 0. The Morgan fingerprint density at radius 2 is 1.67 bits per heavy atom. The second-order valence-electron chi connectivity index (χ2n) is 4.58. The molecule has 0 aliphatic heterocycles. The van der Waals surface area contributed by atoms with E-state index in [9.17, 15) is 4.79 Å². The zero-order chi connectivity index (χ0) is 11.6. The van der Waals surface area contributed by atoms with Gasteiger partial charge in [0.15, 0.2) is 5.78 Å². The van der Waals surface area contributed by atoms with Crippen molar-refractivity contribution in [3.8, 4) is 0 Å². The maximum absolute atomic E-state index is 11.8. The lowest BCUT2D eigenvalue weighted by Crippen LogP contribution is -2.24. The van der Waals surface area contributed by atoms with Crippen LogP contribution in [0.1, 0.15) is 49.5 Å². The summed E-state index contributed by atoms with van der Waals surface area (Å²) in [7, 11) is 0. The van der Waals surface area contributed by atoms with Crippen molar-refractivity contribution >= 4 is 17.4 Å². The second kappa shape index (κ2) is 4.36. The van der Waals surface area contributed by atoms with Crippen LogP contribution in [0.3, 0.4) is 0 Å². The summed E-state index contributed by atoms with van der Waals surface area (Å²) in [6.07, 6.45) is 0. The van der Waals surface area contributed by atoms with Gasteiger partial charge in [-0.15, -0.1) is 11.6 Å². The molecule has 1 aromatic rings. The topological polar surface area (TPSA) is 17.1 Å². The van der Waals surface area contributed by atoms with Crippen molar-refractivity contribution in [3.05, 3.63) is 35.4 Å². The fraction of sp³-hybridized carbons (Fsp3) is 0.462. The van der Waals surface area contributed by atoms with E-state index < -0.39 is 4.87 Å². The Labute approximate surface area is 96.5 Å². The van der Waals surface area contributed by atoms with Crippen LogP contribution in [0.5, 0.6) is 0 Å². The first-order valence-corrected chi connectivity index (χ1v) is 5.54. The van der Waals surface area contributed by atoms with Crippen molar-refractivity contribution in [2.45, 2.75) is 38.5 Å². The van der Waals surface area contributed by atoms with Crippen molar-refractivity contribution in [2.24, 2.45) is 0 Å². The molecule has 0 aliphatic rings. The van der Waals surface area contributed by atoms with Crippen molar-refractivity contribution < 1.29 is 4.79 Å². The van der Waals surface area contributed by atoms with E-state index in [4.69, 9.17) is 11.6 Å². The molecule has 0 spiro atoms. The Morgan fingerprint density at radius 1 is 1.20 bits per heavy atom. The molecule has 1 rings (SSSR count). The number of alkyl halides is 1. The van der Waals surface area contributed by atoms with Gasteiger partial charge in [0.25, 0.3) is 0 Å². The number of carbonyl (C=O) groups is 1. The third-order valence-corrected chi connectivity index (χ3v) is 2.55. The van der Waals surface area contributed by atoms with E-state index in [0.717, 1.165) is 0 Å². The van der Waals surface area contributed by atoms with Crippen LogP contribution in [0.2, 0.25) is 0 Å². The molecule has 0 heterocycles. The molecule has 0 aromatic heterocycles. The molecule has 2 heteroatoms. The minimum Gasteiger partial charge on any atom is -0.292 e. The Morgan fingerprint density at radius 3 is 2.00 bits per heavy atom. The van der Waals surface area contributed by atoms with Gasteiger partial charge in [-0.2, -0.15) is 0 Å². The molecular weight excluding hydrogens is 208 g/mol. The van der Waals surface area contributed by atoms with Crippen LogP contribution in [0.15, 0.2) is 24.3 Å². The van der Waals surface area contributed by atoms with Crippen molar-refractivity contribution in [1.29, 1.82) is 0 Å². The number of rotatable bonds is 3. The second-order valence-corrected chi connectivity index (χ2v) is 5.52. The highest BCUT2D eigenvalue weighted by atomic mass is 35.5. The van der Waals surface area contributed by atoms with Crippen molar-refractivity contribution in [3.63, 3.8) is 0 Å². The molecule has 0 aliphatic carbocycles. The molecule has 0 N–H and O–H groups in total. The smallest absolute Gasteiger partial charge is 0.183 e. The van der Waals surface area contributed by atoms with Crippen LogP contribution in [-0.2, 0) is 0 Å². The first kappa shape index (κ1) is 12.3. The summed E-state index contributed by atoms with van der Waals surface area (Å²) in [6, 6.07) is 7.67. The minimum atomic E-state index is -0.820. The summed E-state index contributed by atoms with van der Waals surface area (Å²) in [5.74, 6) is 0.456. The Kier molecular flexibility index (Phi) is 3.56. The average molecular weight is 225 g/mol. The summed E-state index contributed by atoms with van der Waals surface area (Å²) in [4.78, 5) is 11.0. The summed E-state index contributed by atoms with van der Waals surface area (Å²) in [6.45, 7) is 7.69. The Hall–Kier alpha value is -0.820. The highest BCUT2D eigenvalue weighted by Gasteiger charge is 2.25. The van der Waals surface area contributed by atoms with E-state index >= 15 is 0 Å². The van der Waals surface area contributed by atoms with Crippen LogP contribution < -0.4 is 0 Å². The molecule has 0 atom stereocenters. The molecule has 0 radical (unpaired) electrons. The molecule has 82 valence electrons. The van der Waals surface area contributed by atoms with Gasteiger partial charge < -0.3 is 0 Å². The highest BCUT2D eigenvalue weighted by Crippen LogP contribution is 2.21. The van der Waals surface area contributed by atoms with Crippen molar-refractivity contribution in [2.75, 3.05) is 0 Å². The van der Waals surface area contributed by atoms with Crippen LogP contribution in [-0.4, -0.2) is 10.7 Å². The van der Waals surface area contributed by atoms with Gasteiger partial charge in [-0.25, -0.2) is 0 Å². The number of halogens is 1. The lowest BCUT2D eigenvalue weighted by Gasteiger charge is -2.14. The third kappa shape index (κ3) is 3.07. The maximum atomic E-state index is 11.8. The standard InChI is InChI=1S/C13H17ClO/c1-9(2)10-5-7-11(8-6-10)12(15)13(3,4)14/h5-9H,1-4H3. The molecule has 1 nitrogen and oxygen atoms in total. The molecule has 0 unspecified atom stereocenters. The Balaban J connectivity index is 2.95. The predicted molar refractivity (Wildman–Crippen MR) is 64.8 cm³/mol. The van der Waals surface area contributed by atoms with E-state index in [1.54, 1.807) is 13.8 Å². The molecule has 0 saturated carbocycles. The lowest BCUT2D eigenvalue weighted by molar-refractivity contribution is 0.0954. The zero-order valence-electron chi connectivity index (χ0n) is 9.67. The van der Waals surface area contributed by atoms with Crippen LogP contribution >= 0.6 is 11.6 Å². The van der Waals surface area contributed by atoms with Gasteiger partial charge in [-0.05, 0) is 25.3 Å². The number of hydrogen-bond acceptors (Lipinski definition) is 1. The monoisotopic (exact) mass is 224 g/mol. The van der Waals surface area contributed by atoms with Crippen LogP contribution in [0, 0.1) is 0 Å². The normalized spacial score (nSPS) is 11.9. The average Bonchev–Trinajstić information content (AvgIpc) is 2.15. The maximum Gasteiger partial charge on any atom is 0.183 e. The number of carbonyl (C=O) groups excluding carboxylic acids is 1. The quantitative estimate of drug-likeness (QED) is 0.560. The zero-order valence-corrected chi connectivity index (χ0v) is 10.4. The number of benzene rings is 1. The van der Waals surface area contributed by atoms with Crippen molar-refractivity contribution in [1.82, 2.24) is 0 Å². The Bertz CT molecular complexity index is 344. The van der Waals surface area contributed by atoms with Gasteiger partial charge in [-0.1, -0.05) is 38.1 Å². The summed E-state index contributed by atoms with van der Waals surface area (Å²) in [5.41, 5.74) is 1.92. The molecule has 15 heavy (non-hydrogen) atoms. The number of ketones is 1. The molecular formula is C13H17ClO. The molecule has 0 saturated heterocycles. The van der Waals surface area contributed by atoms with Gasteiger partial charge in [0.05, 0.1) is 0 Å². The summed E-state index contributed by atoms with van der Waals surface area (Å²) in [5, 5.41) is 0. The van der Waals surface area contributed by atoms with E-state index in [1.165, 1.54) is 5.56 Å². The first-order chi connectivity index (χ1) is 6.82. The van der Waals surface area contributed by atoms with E-state index in [-0.39, 0.29) is 5.78 Å². The van der Waals surface area contributed by atoms with Gasteiger partial charge in [0.2, 0.25) is 0 Å². The predicted octanol–water partition coefficient (Wildman–Crippen LogP) is 4.01. The van der Waals surface area contributed by atoms with E-state index in [0.29, 0.717) is 11.5 Å². The summed E-state index contributed by atoms with van der Waals surface area (Å²) >= 11 is 5.97. The SMILES string of the molecule is CC(C)c1ccc(C(=O)C(C)(C)Cl)cc1. The fourth-order valence-corrected chi connectivity index (χ4v) is 1.47. The van der Waals surface area contributed by atoms with Gasteiger partial charge >= 0.3 is 0 Å². The lowest BCUT2D eigenvalue weighted by atomic mass is 9.96. The fourth-order valence-electron chi connectivity index (χ4n) is 1.36. The number of Topliss-reactive ketones (excluding diaryl/α,β-unsaturated/α-hetero) is 1. The minimum absolute atomic E-state index is 0.0283. The molecule has 0 bridgehead atoms. The van der Waals surface area contributed by atoms with Gasteiger partial charge in [0, 0.05) is 5.56 Å². The third-order valence-electron chi connectivity index (χ3n) is 2.38. The van der Waals surface area contributed by atoms with Crippen LogP contribution in [0.4, 0.5) is 0 Å². The van der Waals surface area contributed by atoms with E-state index in [1.807, 2.05) is 24.3 Å².